The Kier molecular flexibility index (Phi) is 5.48. The number of fused-ring (bicyclic) bond motifs is 1. The highest BCUT2D eigenvalue weighted by Crippen LogP contribution is 2.27. The fourth-order valence-corrected chi connectivity index (χ4v) is 4.26. The third kappa shape index (κ3) is 4.26. The molecule has 1 amide bonds. The molecule has 0 unspecified atom stereocenters. The fraction of sp³-hybridized carbons (Fsp3) is 0.562. The zero-order valence-corrected chi connectivity index (χ0v) is 15.3. The number of sulfonamides is 1. The standard InChI is InChI=1S/C16H19F3N2O5S/c1-20(10-14-25-6-7-26-14)27(23,24)13-3-2-11-4-5-21(9-12(11)8-13)15(22)16(17,18)19/h2-3,8,14H,4-7,9-10H2,1H3. The molecule has 11 heteroatoms. The summed E-state index contributed by atoms with van der Waals surface area (Å²) in [6.45, 7) is 0.433. The molecule has 0 saturated carbocycles. The lowest BCUT2D eigenvalue weighted by atomic mass is 10.00. The number of carbonyl (C=O) groups excluding carboxylic acids is 1. The maximum atomic E-state index is 12.7. The minimum atomic E-state index is -4.96. The van der Waals surface area contributed by atoms with Crippen LogP contribution < -0.4 is 0 Å². The van der Waals surface area contributed by atoms with E-state index >= 15 is 0 Å². The summed E-state index contributed by atoms with van der Waals surface area (Å²) in [4.78, 5) is 12.1. The van der Waals surface area contributed by atoms with Gasteiger partial charge in [0, 0.05) is 20.1 Å². The van der Waals surface area contributed by atoms with Crippen molar-refractivity contribution >= 4 is 15.9 Å². The summed E-state index contributed by atoms with van der Waals surface area (Å²) in [5.41, 5.74) is 1.12. The Morgan fingerprint density at radius 3 is 2.56 bits per heavy atom. The first kappa shape index (κ1) is 20.1. The van der Waals surface area contributed by atoms with Crippen LogP contribution in [0.5, 0.6) is 0 Å². The number of likely N-dealkylation sites (N-methyl/N-ethyl adjacent to an activating group) is 1. The van der Waals surface area contributed by atoms with Gasteiger partial charge in [0.15, 0.2) is 6.29 Å². The van der Waals surface area contributed by atoms with Gasteiger partial charge in [0.1, 0.15) is 0 Å². The van der Waals surface area contributed by atoms with Crippen LogP contribution >= 0.6 is 0 Å². The van der Waals surface area contributed by atoms with E-state index in [0.717, 1.165) is 9.87 Å². The van der Waals surface area contributed by atoms with Gasteiger partial charge in [-0.3, -0.25) is 4.79 Å². The number of hydrogen-bond donors (Lipinski definition) is 0. The number of nitrogens with zero attached hydrogens (tertiary/aromatic N) is 2. The molecule has 0 aliphatic carbocycles. The zero-order chi connectivity index (χ0) is 19.8. The molecule has 27 heavy (non-hydrogen) atoms. The second-order valence-electron chi connectivity index (χ2n) is 6.36. The number of halogens is 3. The normalized spacial score (nSPS) is 18.8. The number of benzene rings is 1. The lowest BCUT2D eigenvalue weighted by molar-refractivity contribution is -0.186. The number of amides is 1. The summed E-state index contributed by atoms with van der Waals surface area (Å²) in [7, 11) is -2.50. The molecule has 1 fully saturated rings. The Labute approximate surface area is 154 Å². The topological polar surface area (TPSA) is 76.2 Å². The third-order valence-corrected chi connectivity index (χ3v) is 6.34. The molecule has 0 bridgehead atoms. The Morgan fingerprint density at radius 1 is 1.26 bits per heavy atom. The lowest BCUT2D eigenvalue weighted by Gasteiger charge is -2.30. The van der Waals surface area contributed by atoms with Crippen LogP contribution in [0.1, 0.15) is 11.1 Å². The number of carbonyl (C=O) groups is 1. The van der Waals surface area contributed by atoms with Gasteiger partial charge < -0.3 is 14.4 Å². The van der Waals surface area contributed by atoms with Gasteiger partial charge >= 0.3 is 12.1 Å². The van der Waals surface area contributed by atoms with Gasteiger partial charge in [-0.25, -0.2) is 8.42 Å². The van der Waals surface area contributed by atoms with Gasteiger partial charge in [-0.1, -0.05) is 6.07 Å². The first-order chi connectivity index (χ1) is 12.6. The van der Waals surface area contributed by atoms with Gasteiger partial charge in [0.2, 0.25) is 10.0 Å². The van der Waals surface area contributed by atoms with Gasteiger partial charge in [-0.15, -0.1) is 0 Å². The van der Waals surface area contributed by atoms with Crippen molar-refractivity contribution in [2.75, 3.05) is 33.4 Å². The van der Waals surface area contributed by atoms with E-state index in [2.05, 4.69) is 0 Å². The summed E-state index contributed by atoms with van der Waals surface area (Å²) < 4.78 is 75.0. The highest BCUT2D eigenvalue weighted by Gasteiger charge is 2.43. The van der Waals surface area contributed by atoms with Crippen molar-refractivity contribution in [3.8, 4) is 0 Å². The van der Waals surface area contributed by atoms with Crippen LogP contribution in [0.4, 0.5) is 13.2 Å². The van der Waals surface area contributed by atoms with E-state index in [1.165, 1.54) is 19.2 Å². The Hall–Kier alpha value is -1.69. The van der Waals surface area contributed by atoms with E-state index in [0.29, 0.717) is 23.7 Å². The maximum Gasteiger partial charge on any atom is 0.471 e. The molecule has 0 N–H and O–H groups in total. The van der Waals surface area contributed by atoms with Crippen molar-refractivity contribution < 1.29 is 35.9 Å². The van der Waals surface area contributed by atoms with Gasteiger partial charge in [-0.05, 0) is 29.7 Å². The largest absolute Gasteiger partial charge is 0.471 e. The molecular formula is C16H19F3N2O5S. The van der Waals surface area contributed by atoms with E-state index in [9.17, 15) is 26.4 Å². The van der Waals surface area contributed by atoms with Crippen molar-refractivity contribution in [1.29, 1.82) is 0 Å². The quantitative estimate of drug-likeness (QED) is 0.747. The maximum absolute atomic E-state index is 12.7. The van der Waals surface area contributed by atoms with E-state index < -0.39 is 28.4 Å². The van der Waals surface area contributed by atoms with Crippen molar-refractivity contribution in [2.45, 2.75) is 30.3 Å². The summed E-state index contributed by atoms with van der Waals surface area (Å²) in [5.74, 6) is -1.92. The molecule has 1 saturated heterocycles. The average molecular weight is 408 g/mol. The predicted octanol–water partition coefficient (Wildman–Crippen LogP) is 1.13. The molecule has 2 aliphatic heterocycles. The Morgan fingerprint density at radius 2 is 1.93 bits per heavy atom. The number of rotatable bonds is 4. The second kappa shape index (κ2) is 7.38. The fourth-order valence-electron chi connectivity index (χ4n) is 3.05. The van der Waals surface area contributed by atoms with Crippen LogP contribution in [0, 0.1) is 0 Å². The molecule has 2 heterocycles. The highest BCUT2D eigenvalue weighted by atomic mass is 32.2. The summed E-state index contributed by atoms with van der Waals surface area (Å²) >= 11 is 0. The Bertz CT molecular complexity index is 822. The van der Waals surface area contributed by atoms with E-state index in [1.807, 2.05) is 0 Å². The van der Waals surface area contributed by atoms with Crippen LogP contribution in [0.3, 0.4) is 0 Å². The SMILES string of the molecule is CN(CC1OCCO1)S(=O)(=O)c1ccc2c(c1)CN(C(=O)C(F)(F)F)CC2. The van der Waals surface area contributed by atoms with Crippen LogP contribution in [0.15, 0.2) is 23.1 Å². The molecule has 3 rings (SSSR count). The van der Waals surface area contributed by atoms with Crippen LogP contribution in [0.25, 0.3) is 0 Å². The average Bonchev–Trinajstić information content (AvgIpc) is 3.12. The summed E-state index contributed by atoms with van der Waals surface area (Å²) in [5, 5.41) is 0. The number of ether oxygens (including phenoxy) is 2. The molecule has 0 aromatic heterocycles. The van der Waals surface area contributed by atoms with Gasteiger partial charge in [-0.2, -0.15) is 17.5 Å². The minimum absolute atomic E-state index is 0.00188. The Balaban J connectivity index is 1.79. The van der Waals surface area contributed by atoms with E-state index in [4.69, 9.17) is 9.47 Å². The van der Waals surface area contributed by atoms with Crippen molar-refractivity contribution in [3.05, 3.63) is 29.3 Å². The zero-order valence-electron chi connectivity index (χ0n) is 14.5. The molecule has 1 aromatic rings. The molecule has 1 aromatic carbocycles. The first-order valence-electron chi connectivity index (χ1n) is 8.26. The highest BCUT2D eigenvalue weighted by molar-refractivity contribution is 7.89. The van der Waals surface area contributed by atoms with Crippen molar-refractivity contribution in [3.63, 3.8) is 0 Å². The molecule has 2 aliphatic rings. The molecule has 150 valence electrons. The van der Waals surface area contributed by atoms with E-state index in [1.54, 1.807) is 6.07 Å². The first-order valence-corrected chi connectivity index (χ1v) is 9.70. The summed E-state index contributed by atoms with van der Waals surface area (Å²) in [6, 6.07) is 4.32. The monoisotopic (exact) mass is 408 g/mol. The molecule has 7 nitrogen and oxygen atoms in total. The lowest BCUT2D eigenvalue weighted by Crippen LogP contribution is -2.43. The van der Waals surface area contributed by atoms with E-state index in [-0.39, 0.29) is 31.0 Å². The second-order valence-corrected chi connectivity index (χ2v) is 8.41. The van der Waals surface area contributed by atoms with Gasteiger partial charge in [0.25, 0.3) is 0 Å². The molecule has 0 atom stereocenters. The van der Waals surface area contributed by atoms with Crippen molar-refractivity contribution in [2.24, 2.45) is 0 Å². The van der Waals surface area contributed by atoms with Crippen LogP contribution in [-0.2, 0) is 37.3 Å². The minimum Gasteiger partial charge on any atom is -0.349 e. The molecular weight excluding hydrogens is 389 g/mol. The van der Waals surface area contributed by atoms with Crippen LogP contribution in [-0.4, -0.2) is 69.3 Å². The third-order valence-electron chi connectivity index (χ3n) is 4.52. The number of alkyl halides is 3. The molecule has 0 radical (unpaired) electrons. The van der Waals surface area contributed by atoms with Gasteiger partial charge in [0.05, 0.1) is 24.7 Å². The summed E-state index contributed by atoms with van der Waals surface area (Å²) in [6.07, 6.45) is -5.37. The van der Waals surface area contributed by atoms with Crippen LogP contribution in [0.2, 0.25) is 0 Å². The molecule has 0 spiro atoms. The van der Waals surface area contributed by atoms with Crippen molar-refractivity contribution in [1.82, 2.24) is 9.21 Å². The number of hydrogen-bond acceptors (Lipinski definition) is 5. The smallest absolute Gasteiger partial charge is 0.349 e. The predicted molar refractivity (Wildman–Crippen MR) is 87.1 cm³/mol.